The third-order valence-electron chi connectivity index (χ3n) is 4.05. The zero-order chi connectivity index (χ0) is 21.1. The van der Waals surface area contributed by atoms with Crippen molar-refractivity contribution in [1.29, 1.82) is 0 Å². The molecule has 1 atom stereocenters. The molecule has 2 rings (SSSR count). The van der Waals surface area contributed by atoms with Crippen LogP contribution in [-0.2, 0) is 14.8 Å². The normalized spacial score (nSPS) is 12.8. The van der Waals surface area contributed by atoms with Gasteiger partial charge in [-0.25, -0.2) is 8.42 Å². The van der Waals surface area contributed by atoms with E-state index >= 15 is 0 Å². The minimum absolute atomic E-state index is 0.318. The fourth-order valence-electron chi connectivity index (χ4n) is 2.62. The van der Waals surface area contributed by atoms with E-state index in [9.17, 15) is 13.2 Å². The van der Waals surface area contributed by atoms with E-state index in [4.69, 9.17) is 0 Å². The zero-order valence-electron chi connectivity index (χ0n) is 16.9. The number of aryl methyl sites for hydroxylation is 2. The molecule has 1 aromatic carbocycles. The lowest BCUT2D eigenvalue weighted by atomic mass is 10.1. The van der Waals surface area contributed by atoms with Gasteiger partial charge in [-0.2, -0.15) is 0 Å². The number of amides is 1. The topological polar surface area (TPSA) is 92.3 Å². The smallest absolute Gasteiger partial charge is 0.250 e. The molecule has 0 radical (unpaired) electrons. The maximum absolute atomic E-state index is 12.9. The lowest BCUT2D eigenvalue weighted by Gasteiger charge is -2.30. The summed E-state index contributed by atoms with van der Waals surface area (Å²) in [7, 11) is -3.67. The molecule has 0 aliphatic carbocycles. The van der Waals surface area contributed by atoms with Crippen LogP contribution in [-0.4, -0.2) is 42.1 Å². The van der Waals surface area contributed by atoms with Gasteiger partial charge in [-0.3, -0.25) is 14.4 Å². The van der Waals surface area contributed by atoms with E-state index in [1.807, 2.05) is 33.8 Å². The molecular weight excluding hydrogens is 416 g/mol. The summed E-state index contributed by atoms with van der Waals surface area (Å²) < 4.78 is 27.0. The van der Waals surface area contributed by atoms with Crippen molar-refractivity contribution in [1.82, 2.24) is 10.2 Å². The molecule has 1 N–H and O–H groups in total. The van der Waals surface area contributed by atoms with Crippen LogP contribution in [0.2, 0.25) is 0 Å². The molecule has 10 heteroatoms. The van der Waals surface area contributed by atoms with Crippen LogP contribution < -0.4 is 9.62 Å². The Hall–Kier alpha value is -1.65. The van der Waals surface area contributed by atoms with Gasteiger partial charge in [0.05, 0.1) is 11.9 Å². The fourth-order valence-corrected chi connectivity index (χ4v) is 5.80. The van der Waals surface area contributed by atoms with Crippen molar-refractivity contribution in [3.63, 3.8) is 0 Å². The van der Waals surface area contributed by atoms with Crippen molar-refractivity contribution in [2.45, 2.75) is 56.7 Å². The predicted octanol–water partition coefficient (Wildman–Crippen LogP) is 3.84. The van der Waals surface area contributed by atoms with Gasteiger partial charge in [0.1, 0.15) is 6.04 Å². The van der Waals surface area contributed by atoms with Gasteiger partial charge >= 0.3 is 0 Å². The lowest BCUT2D eigenvalue weighted by Crippen LogP contribution is -2.47. The summed E-state index contributed by atoms with van der Waals surface area (Å²) in [5.41, 5.74) is 2.49. The molecular formula is C18H26N4O3S3. The molecule has 0 aliphatic heterocycles. The van der Waals surface area contributed by atoms with E-state index in [0.717, 1.165) is 21.7 Å². The standard InChI is InChI=1S/C18H26N4O3S3/c1-7-15(16(23)19-17-20-21-18(27-17)26-11(2)3)22(28(6,24)25)14-9-8-12(4)13(5)10-14/h8-11,15H,7H2,1-6H3,(H,19,20,23)/t15-/m1/s1. The van der Waals surface area contributed by atoms with Gasteiger partial charge < -0.3 is 0 Å². The van der Waals surface area contributed by atoms with E-state index in [1.165, 1.54) is 15.6 Å². The highest BCUT2D eigenvalue weighted by Gasteiger charge is 2.32. The Balaban J connectivity index is 2.31. The number of hydrogen-bond donors (Lipinski definition) is 1. The zero-order valence-corrected chi connectivity index (χ0v) is 19.3. The number of nitrogens with one attached hydrogen (secondary N) is 1. The second-order valence-corrected chi connectivity index (χ2v) is 11.4. The second kappa shape index (κ2) is 9.23. The Morgan fingerprint density at radius 3 is 2.46 bits per heavy atom. The monoisotopic (exact) mass is 442 g/mol. The van der Waals surface area contributed by atoms with Gasteiger partial charge in [0, 0.05) is 5.25 Å². The Bertz CT molecular complexity index is 941. The molecule has 28 heavy (non-hydrogen) atoms. The highest BCUT2D eigenvalue weighted by molar-refractivity contribution is 8.01. The Morgan fingerprint density at radius 2 is 1.93 bits per heavy atom. The van der Waals surface area contributed by atoms with E-state index < -0.39 is 22.0 Å². The van der Waals surface area contributed by atoms with Crippen molar-refractivity contribution in [2.75, 3.05) is 15.9 Å². The van der Waals surface area contributed by atoms with Gasteiger partial charge in [0.2, 0.25) is 21.1 Å². The average molecular weight is 443 g/mol. The number of sulfonamides is 1. The minimum Gasteiger partial charge on any atom is -0.299 e. The van der Waals surface area contributed by atoms with E-state index in [0.29, 0.717) is 22.5 Å². The molecule has 1 amide bonds. The Labute approximate surface area is 175 Å². The third kappa shape index (κ3) is 5.68. The largest absolute Gasteiger partial charge is 0.299 e. The summed E-state index contributed by atoms with van der Waals surface area (Å²) in [4.78, 5) is 12.9. The number of rotatable bonds is 8. The number of carbonyl (C=O) groups excluding carboxylic acids is 1. The van der Waals surface area contributed by atoms with Gasteiger partial charge in [-0.15, -0.1) is 10.2 Å². The molecule has 154 valence electrons. The van der Waals surface area contributed by atoms with Crippen LogP contribution in [0, 0.1) is 13.8 Å². The summed E-state index contributed by atoms with van der Waals surface area (Å²) >= 11 is 2.84. The van der Waals surface area contributed by atoms with Gasteiger partial charge in [0.15, 0.2) is 4.34 Å². The summed E-state index contributed by atoms with van der Waals surface area (Å²) in [5.74, 6) is -0.427. The van der Waals surface area contributed by atoms with Gasteiger partial charge in [-0.1, -0.05) is 49.9 Å². The van der Waals surface area contributed by atoms with Crippen LogP contribution in [0.4, 0.5) is 10.8 Å². The molecule has 1 heterocycles. The van der Waals surface area contributed by atoms with E-state index in [2.05, 4.69) is 15.5 Å². The van der Waals surface area contributed by atoms with Crippen LogP contribution in [0.15, 0.2) is 22.5 Å². The molecule has 0 saturated heterocycles. The van der Waals surface area contributed by atoms with Gasteiger partial charge in [0.25, 0.3) is 0 Å². The molecule has 0 unspecified atom stereocenters. The molecule has 0 fully saturated rings. The first kappa shape index (κ1) is 22.6. The van der Waals surface area contributed by atoms with Gasteiger partial charge in [-0.05, 0) is 43.5 Å². The summed E-state index contributed by atoms with van der Waals surface area (Å²) in [5, 5.41) is 11.5. The predicted molar refractivity (Wildman–Crippen MR) is 117 cm³/mol. The quantitative estimate of drug-likeness (QED) is 0.493. The minimum atomic E-state index is -3.67. The van der Waals surface area contributed by atoms with Crippen LogP contribution in [0.25, 0.3) is 0 Å². The first-order valence-electron chi connectivity index (χ1n) is 8.90. The number of hydrogen-bond acceptors (Lipinski definition) is 7. The second-order valence-electron chi connectivity index (χ2n) is 6.78. The van der Waals surface area contributed by atoms with Crippen LogP contribution in [0.5, 0.6) is 0 Å². The maximum Gasteiger partial charge on any atom is 0.250 e. The number of nitrogens with zero attached hydrogens (tertiary/aromatic N) is 3. The number of thioether (sulfide) groups is 1. The summed E-state index contributed by atoms with van der Waals surface area (Å²) in [6.07, 6.45) is 1.43. The number of carbonyl (C=O) groups is 1. The molecule has 7 nitrogen and oxygen atoms in total. The summed E-state index contributed by atoms with van der Waals surface area (Å²) in [6.45, 7) is 9.74. The van der Waals surface area contributed by atoms with Crippen molar-refractivity contribution in [3.8, 4) is 0 Å². The molecule has 2 aromatic rings. The maximum atomic E-state index is 12.9. The number of aromatic nitrogens is 2. The molecule has 0 aliphatic rings. The van der Waals surface area contributed by atoms with Crippen LogP contribution in [0.1, 0.15) is 38.3 Å². The molecule has 0 saturated carbocycles. The number of benzene rings is 1. The fraction of sp³-hybridized carbons (Fsp3) is 0.500. The average Bonchev–Trinajstić information content (AvgIpc) is 3.00. The molecule has 1 aromatic heterocycles. The summed E-state index contributed by atoms with van der Waals surface area (Å²) in [6, 6.07) is 4.48. The number of anilines is 2. The van der Waals surface area contributed by atoms with Crippen molar-refractivity contribution < 1.29 is 13.2 Å². The van der Waals surface area contributed by atoms with E-state index in [-0.39, 0.29) is 0 Å². The molecule has 0 spiro atoms. The van der Waals surface area contributed by atoms with E-state index in [1.54, 1.807) is 30.8 Å². The first-order chi connectivity index (χ1) is 13.0. The SMILES string of the molecule is CC[C@H](C(=O)Nc1nnc(SC(C)C)s1)N(c1ccc(C)c(C)c1)S(C)(=O)=O. The first-order valence-corrected chi connectivity index (χ1v) is 12.4. The lowest BCUT2D eigenvalue weighted by molar-refractivity contribution is -0.117. The van der Waals surface area contributed by atoms with Crippen molar-refractivity contribution in [2.24, 2.45) is 0 Å². The third-order valence-corrected chi connectivity index (χ3v) is 7.15. The molecule has 0 bridgehead atoms. The van der Waals surface area contributed by atoms with Crippen molar-refractivity contribution in [3.05, 3.63) is 29.3 Å². The van der Waals surface area contributed by atoms with Crippen LogP contribution in [0.3, 0.4) is 0 Å². The Morgan fingerprint density at radius 1 is 1.25 bits per heavy atom. The van der Waals surface area contributed by atoms with Crippen molar-refractivity contribution >= 4 is 49.8 Å². The highest BCUT2D eigenvalue weighted by Crippen LogP contribution is 2.29. The van der Waals surface area contributed by atoms with Crippen LogP contribution >= 0.6 is 23.1 Å². The Kier molecular flexibility index (Phi) is 7.46. The highest BCUT2D eigenvalue weighted by atomic mass is 32.2.